The molecule has 0 radical (unpaired) electrons. The van der Waals surface area contributed by atoms with Gasteiger partial charge in [0.15, 0.2) is 0 Å². The average Bonchev–Trinajstić information content (AvgIpc) is 2.35. The fourth-order valence-electron chi connectivity index (χ4n) is 1.27. The van der Waals surface area contributed by atoms with E-state index in [1.807, 2.05) is 0 Å². The Morgan fingerprint density at radius 1 is 1.47 bits per heavy atom. The maximum absolute atomic E-state index is 11.4. The number of esters is 1. The highest BCUT2D eigenvalue weighted by molar-refractivity contribution is 7.80. The van der Waals surface area contributed by atoms with Crippen LogP contribution in [-0.4, -0.2) is 34.0 Å². The summed E-state index contributed by atoms with van der Waals surface area (Å²) in [6.07, 6.45) is 0. The summed E-state index contributed by atoms with van der Waals surface area (Å²) in [6.45, 7) is -0.274. The standard InChI is InChI=1S/C10H13NO5S/c1-11(17(14)15)9-4-7(6-12)3-8(5-9)10(13)16-2/h3-5,12H,6H2,1-2H3,(H,14,15). The minimum Gasteiger partial charge on any atom is -0.465 e. The molecule has 0 aliphatic carbocycles. The molecule has 0 saturated heterocycles. The summed E-state index contributed by atoms with van der Waals surface area (Å²) >= 11 is -2.20. The lowest BCUT2D eigenvalue weighted by atomic mass is 10.1. The number of aliphatic hydroxyl groups excluding tert-OH is 1. The predicted octanol–water partition coefficient (Wildman–Crippen LogP) is 0.538. The van der Waals surface area contributed by atoms with Gasteiger partial charge in [-0.05, 0) is 23.8 Å². The van der Waals surface area contributed by atoms with Crippen molar-refractivity contribution in [3.63, 3.8) is 0 Å². The molecule has 0 aliphatic heterocycles. The lowest BCUT2D eigenvalue weighted by molar-refractivity contribution is 0.0600. The highest BCUT2D eigenvalue weighted by Gasteiger charge is 2.13. The quantitative estimate of drug-likeness (QED) is 0.608. The molecule has 0 heterocycles. The fourth-order valence-corrected chi connectivity index (χ4v) is 1.56. The van der Waals surface area contributed by atoms with Crippen molar-refractivity contribution in [2.24, 2.45) is 0 Å². The fraction of sp³-hybridized carbons (Fsp3) is 0.300. The number of anilines is 1. The van der Waals surface area contributed by atoms with Gasteiger partial charge in [0, 0.05) is 7.05 Å². The molecule has 0 aromatic heterocycles. The van der Waals surface area contributed by atoms with Crippen molar-refractivity contribution in [2.45, 2.75) is 6.61 Å². The molecule has 1 atom stereocenters. The van der Waals surface area contributed by atoms with Crippen LogP contribution < -0.4 is 4.31 Å². The number of ether oxygens (including phenoxy) is 1. The van der Waals surface area contributed by atoms with Crippen molar-refractivity contribution in [2.75, 3.05) is 18.5 Å². The Morgan fingerprint density at radius 3 is 2.59 bits per heavy atom. The molecule has 1 aromatic rings. The van der Waals surface area contributed by atoms with Gasteiger partial charge < -0.3 is 9.84 Å². The van der Waals surface area contributed by atoms with Crippen molar-refractivity contribution < 1.29 is 23.4 Å². The van der Waals surface area contributed by atoms with Gasteiger partial charge in [-0.1, -0.05) is 0 Å². The maximum Gasteiger partial charge on any atom is 0.337 e. The minimum absolute atomic E-state index is 0.214. The van der Waals surface area contributed by atoms with Gasteiger partial charge in [-0.15, -0.1) is 0 Å². The van der Waals surface area contributed by atoms with Crippen molar-refractivity contribution >= 4 is 22.9 Å². The highest BCUT2D eigenvalue weighted by atomic mass is 32.2. The number of methoxy groups -OCH3 is 1. The van der Waals surface area contributed by atoms with E-state index in [9.17, 15) is 9.00 Å². The number of aliphatic hydroxyl groups is 1. The number of hydrogen-bond donors (Lipinski definition) is 2. The number of hydrogen-bond acceptors (Lipinski definition) is 4. The van der Waals surface area contributed by atoms with E-state index in [0.29, 0.717) is 11.3 Å². The molecule has 0 aliphatic rings. The van der Waals surface area contributed by atoms with Gasteiger partial charge in [0.1, 0.15) is 0 Å². The zero-order valence-corrected chi connectivity index (χ0v) is 10.2. The molecular formula is C10H13NO5S. The molecular weight excluding hydrogens is 246 g/mol. The van der Waals surface area contributed by atoms with Crippen molar-refractivity contribution in [3.05, 3.63) is 29.3 Å². The summed E-state index contributed by atoms with van der Waals surface area (Å²) in [5.74, 6) is -0.571. The van der Waals surface area contributed by atoms with E-state index >= 15 is 0 Å². The third-order valence-electron chi connectivity index (χ3n) is 2.18. The van der Waals surface area contributed by atoms with Crippen LogP contribution in [0.3, 0.4) is 0 Å². The van der Waals surface area contributed by atoms with Gasteiger partial charge in [-0.2, -0.15) is 0 Å². The molecule has 7 heteroatoms. The largest absolute Gasteiger partial charge is 0.465 e. The summed E-state index contributed by atoms with van der Waals surface area (Å²) in [5, 5.41) is 9.05. The lowest BCUT2D eigenvalue weighted by Gasteiger charge is -2.15. The molecule has 1 aromatic carbocycles. The molecule has 0 spiro atoms. The Kier molecular flexibility index (Phi) is 4.62. The zero-order chi connectivity index (χ0) is 13.0. The normalized spacial score (nSPS) is 12.0. The first-order chi connectivity index (χ1) is 7.99. The smallest absolute Gasteiger partial charge is 0.337 e. The van der Waals surface area contributed by atoms with Crippen LogP contribution in [0.25, 0.3) is 0 Å². The first-order valence-corrected chi connectivity index (χ1v) is 5.73. The number of rotatable bonds is 4. The predicted molar refractivity (Wildman–Crippen MR) is 62.9 cm³/mol. The lowest BCUT2D eigenvalue weighted by Crippen LogP contribution is -2.20. The average molecular weight is 259 g/mol. The third-order valence-corrected chi connectivity index (χ3v) is 2.86. The zero-order valence-electron chi connectivity index (χ0n) is 9.41. The molecule has 1 unspecified atom stereocenters. The van der Waals surface area contributed by atoms with E-state index in [2.05, 4.69) is 4.74 Å². The van der Waals surface area contributed by atoms with E-state index in [1.165, 1.54) is 32.4 Å². The topological polar surface area (TPSA) is 87.1 Å². The van der Waals surface area contributed by atoms with Crippen LogP contribution in [0.2, 0.25) is 0 Å². The van der Waals surface area contributed by atoms with Gasteiger partial charge in [-0.3, -0.25) is 8.86 Å². The Labute approximate surface area is 101 Å². The molecule has 1 rings (SSSR count). The first kappa shape index (κ1) is 13.6. The molecule has 6 nitrogen and oxygen atoms in total. The second-order valence-electron chi connectivity index (χ2n) is 3.27. The van der Waals surface area contributed by atoms with E-state index in [-0.39, 0.29) is 12.2 Å². The number of nitrogens with zero attached hydrogens (tertiary/aromatic N) is 1. The molecule has 0 amide bonds. The Hall–Kier alpha value is -1.44. The Balaban J connectivity index is 3.22. The van der Waals surface area contributed by atoms with Crippen molar-refractivity contribution in [3.8, 4) is 0 Å². The Morgan fingerprint density at radius 2 is 2.12 bits per heavy atom. The second kappa shape index (κ2) is 5.76. The van der Waals surface area contributed by atoms with E-state index < -0.39 is 17.2 Å². The number of carbonyl (C=O) groups excluding carboxylic acids is 1. The summed E-state index contributed by atoms with van der Waals surface area (Å²) in [7, 11) is 2.63. The van der Waals surface area contributed by atoms with Gasteiger partial charge in [0.2, 0.25) is 0 Å². The van der Waals surface area contributed by atoms with Crippen molar-refractivity contribution in [1.29, 1.82) is 0 Å². The summed E-state index contributed by atoms with van der Waals surface area (Å²) < 4.78 is 25.5. The van der Waals surface area contributed by atoms with Crippen LogP contribution in [-0.2, 0) is 22.6 Å². The van der Waals surface area contributed by atoms with E-state index in [0.717, 1.165) is 4.31 Å². The van der Waals surface area contributed by atoms with Gasteiger partial charge in [0.05, 0.1) is 25.0 Å². The Bertz CT molecular complexity index is 448. The second-order valence-corrected chi connectivity index (χ2v) is 4.28. The van der Waals surface area contributed by atoms with E-state index in [4.69, 9.17) is 9.66 Å². The number of carbonyl (C=O) groups is 1. The highest BCUT2D eigenvalue weighted by Crippen LogP contribution is 2.20. The molecule has 94 valence electrons. The summed E-state index contributed by atoms with van der Waals surface area (Å²) in [5.41, 5.74) is 1.02. The molecule has 2 N–H and O–H groups in total. The molecule has 0 bridgehead atoms. The molecule has 0 fully saturated rings. The van der Waals surface area contributed by atoms with Gasteiger partial charge >= 0.3 is 5.97 Å². The first-order valence-electron chi connectivity index (χ1n) is 4.67. The van der Waals surface area contributed by atoms with Crippen molar-refractivity contribution in [1.82, 2.24) is 0 Å². The van der Waals surface area contributed by atoms with Crippen LogP contribution in [0.15, 0.2) is 18.2 Å². The maximum atomic E-state index is 11.4. The summed E-state index contributed by atoms with van der Waals surface area (Å²) in [4.78, 5) is 11.4. The van der Waals surface area contributed by atoms with Gasteiger partial charge in [0.25, 0.3) is 11.3 Å². The van der Waals surface area contributed by atoms with Crippen LogP contribution in [0.5, 0.6) is 0 Å². The van der Waals surface area contributed by atoms with Crippen LogP contribution >= 0.6 is 0 Å². The number of benzene rings is 1. The van der Waals surface area contributed by atoms with Gasteiger partial charge in [-0.25, -0.2) is 9.00 Å². The third kappa shape index (κ3) is 3.26. The van der Waals surface area contributed by atoms with Crippen LogP contribution in [0.4, 0.5) is 5.69 Å². The monoisotopic (exact) mass is 259 g/mol. The minimum atomic E-state index is -2.20. The summed E-state index contributed by atoms with van der Waals surface area (Å²) in [6, 6.07) is 4.39. The van der Waals surface area contributed by atoms with E-state index in [1.54, 1.807) is 0 Å². The molecule has 0 saturated carbocycles. The van der Waals surface area contributed by atoms with Crippen LogP contribution in [0, 0.1) is 0 Å². The van der Waals surface area contributed by atoms with Crippen LogP contribution in [0.1, 0.15) is 15.9 Å². The SMILES string of the molecule is COC(=O)c1cc(CO)cc(N(C)S(=O)O)c1. The molecule has 17 heavy (non-hydrogen) atoms.